The molecule has 0 heterocycles. The molecule has 2 aromatic rings. The first-order valence-electron chi connectivity index (χ1n) is 7.51. The largest absolute Gasteiger partial charge is 0.310 e. The van der Waals surface area contributed by atoms with Crippen molar-refractivity contribution >= 4 is 23.4 Å². The van der Waals surface area contributed by atoms with Crippen molar-refractivity contribution in [3.8, 4) is 0 Å². The lowest BCUT2D eigenvalue weighted by molar-refractivity contribution is 0.512. The number of hydrogen-bond donors (Lipinski definition) is 1. The Bertz CT molecular complexity index is 571. The first-order valence-corrected chi connectivity index (χ1v) is 8.70. The fourth-order valence-corrected chi connectivity index (χ4v) is 3.58. The zero-order valence-corrected chi connectivity index (χ0v) is 14.2. The normalized spacial score (nSPS) is 12.3. The summed E-state index contributed by atoms with van der Waals surface area (Å²) in [6.45, 7) is 5.47. The van der Waals surface area contributed by atoms with Gasteiger partial charge in [0, 0.05) is 15.8 Å². The van der Waals surface area contributed by atoms with Crippen molar-refractivity contribution in [3.05, 3.63) is 59.1 Å². The molecule has 0 aromatic heterocycles. The fraction of sp³-hybridized carbons (Fsp3) is 0.333. The average molecular weight is 320 g/mol. The van der Waals surface area contributed by atoms with Crippen LogP contribution in [0, 0.1) is 0 Å². The Balaban J connectivity index is 2.26. The van der Waals surface area contributed by atoms with E-state index in [9.17, 15) is 0 Å². The van der Waals surface area contributed by atoms with Crippen molar-refractivity contribution in [1.29, 1.82) is 0 Å². The quantitative estimate of drug-likeness (QED) is 0.677. The van der Waals surface area contributed by atoms with Gasteiger partial charge in [-0.1, -0.05) is 67.5 Å². The average Bonchev–Trinajstić information content (AvgIpc) is 2.52. The van der Waals surface area contributed by atoms with Gasteiger partial charge in [-0.2, -0.15) is 0 Å². The van der Waals surface area contributed by atoms with E-state index in [1.54, 1.807) is 11.8 Å². The fourth-order valence-electron chi connectivity index (χ4n) is 2.30. The Morgan fingerprint density at radius 1 is 1.00 bits per heavy atom. The molecule has 2 rings (SSSR count). The molecule has 0 amide bonds. The van der Waals surface area contributed by atoms with E-state index in [4.69, 9.17) is 11.6 Å². The molecule has 1 atom stereocenters. The molecule has 0 aliphatic carbocycles. The molecule has 1 unspecified atom stereocenters. The molecule has 3 heteroatoms. The second-order valence-electron chi connectivity index (χ2n) is 4.99. The summed E-state index contributed by atoms with van der Waals surface area (Å²) in [5.41, 5.74) is 1.36. The maximum Gasteiger partial charge on any atom is 0.0545 e. The lowest BCUT2D eigenvalue weighted by atomic mass is 10.0. The third kappa shape index (κ3) is 4.50. The first-order chi connectivity index (χ1) is 10.3. The van der Waals surface area contributed by atoms with Crippen molar-refractivity contribution < 1.29 is 0 Å². The van der Waals surface area contributed by atoms with E-state index >= 15 is 0 Å². The lowest BCUT2D eigenvalue weighted by Crippen LogP contribution is -2.21. The minimum Gasteiger partial charge on any atom is -0.310 e. The summed E-state index contributed by atoms with van der Waals surface area (Å²) in [6.07, 6.45) is 2.23. The summed E-state index contributed by atoms with van der Waals surface area (Å²) in [7, 11) is 0. The van der Waals surface area contributed by atoms with Gasteiger partial charge in [0.15, 0.2) is 0 Å². The van der Waals surface area contributed by atoms with Gasteiger partial charge in [0.05, 0.1) is 5.02 Å². The monoisotopic (exact) mass is 319 g/mol. The molecule has 21 heavy (non-hydrogen) atoms. The molecule has 0 saturated carbocycles. The Morgan fingerprint density at radius 3 is 2.33 bits per heavy atom. The van der Waals surface area contributed by atoms with E-state index in [1.807, 2.05) is 18.2 Å². The number of nitrogens with one attached hydrogen (secondary N) is 1. The molecule has 0 radical (unpaired) electrons. The Hall–Kier alpha value is -0.960. The second-order valence-corrected chi connectivity index (χ2v) is 6.48. The Labute approximate surface area is 137 Å². The van der Waals surface area contributed by atoms with Crippen LogP contribution < -0.4 is 5.32 Å². The zero-order chi connectivity index (χ0) is 15.1. The highest BCUT2D eigenvalue weighted by Crippen LogP contribution is 2.37. The highest BCUT2D eigenvalue weighted by Gasteiger charge is 2.14. The molecule has 0 bridgehead atoms. The number of benzene rings is 2. The van der Waals surface area contributed by atoms with E-state index in [2.05, 4.69) is 49.5 Å². The molecule has 0 aliphatic heterocycles. The predicted octanol–water partition coefficient (Wildman–Crippen LogP) is 5.94. The van der Waals surface area contributed by atoms with Gasteiger partial charge in [-0.3, -0.25) is 0 Å². The van der Waals surface area contributed by atoms with Crippen molar-refractivity contribution in [2.24, 2.45) is 0 Å². The van der Waals surface area contributed by atoms with Gasteiger partial charge in [-0.15, -0.1) is 0 Å². The van der Waals surface area contributed by atoms with E-state index < -0.39 is 0 Å². The SMILES string of the molecule is CCCNC(CC)c1ccccc1Sc1ccccc1Cl. The molecule has 0 saturated heterocycles. The van der Waals surface area contributed by atoms with Gasteiger partial charge in [0.25, 0.3) is 0 Å². The minimum atomic E-state index is 0.399. The van der Waals surface area contributed by atoms with E-state index in [1.165, 1.54) is 10.5 Å². The van der Waals surface area contributed by atoms with E-state index in [-0.39, 0.29) is 0 Å². The Kier molecular flexibility index (Phi) is 6.62. The van der Waals surface area contributed by atoms with Crippen molar-refractivity contribution in [2.45, 2.75) is 42.5 Å². The van der Waals surface area contributed by atoms with Gasteiger partial charge >= 0.3 is 0 Å². The highest BCUT2D eigenvalue weighted by atomic mass is 35.5. The van der Waals surface area contributed by atoms with Gasteiger partial charge in [0.2, 0.25) is 0 Å². The number of halogens is 1. The van der Waals surface area contributed by atoms with Crippen LogP contribution in [0.5, 0.6) is 0 Å². The van der Waals surface area contributed by atoms with Crippen molar-refractivity contribution in [3.63, 3.8) is 0 Å². The van der Waals surface area contributed by atoms with Crippen LogP contribution in [0.4, 0.5) is 0 Å². The third-order valence-electron chi connectivity index (χ3n) is 3.40. The standard InChI is InChI=1S/C18H22ClNS/c1-3-13-20-16(4-2)14-9-5-7-11-17(14)21-18-12-8-6-10-15(18)19/h5-12,16,20H,3-4,13H2,1-2H3. The van der Waals surface area contributed by atoms with Crippen LogP contribution in [0.25, 0.3) is 0 Å². The summed E-state index contributed by atoms with van der Waals surface area (Å²) in [6, 6.07) is 17.0. The number of hydrogen-bond acceptors (Lipinski definition) is 2. The van der Waals surface area contributed by atoms with Crippen LogP contribution in [0.3, 0.4) is 0 Å². The van der Waals surface area contributed by atoms with E-state index in [0.29, 0.717) is 6.04 Å². The molecule has 1 N–H and O–H groups in total. The van der Waals surface area contributed by atoms with Gasteiger partial charge in [-0.25, -0.2) is 0 Å². The Morgan fingerprint density at radius 2 is 1.67 bits per heavy atom. The number of rotatable bonds is 7. The van der Waals surface area contributed by atoms with Crippen LogP contribution in [-0.4, -0.2) is 6.54 Å². The summed E-state index contributed by atoms with van der Waals surface area (Å²) < 4.78 is 0. The third-order valence-corrected chi connectivity index (χ3v) is 5.01. The molecule has 0 fully saturated rings. The zero-order valence-electron chi connectivity index (χ0n) is 12.6. The molecule has 2 aromatic carbocycles. The van der Waals surface area contributed by atoms with Crippen LogP contribution in [0.15, 0.2) is 58.3 Å². The van der Waals surface area contributed by atoms with Crippen LogP contribution in [0.2, 0.25) is 5.02 Å². The molecule has 112 valence electrons. The first kappa shape index (κ1) is 16.4. The minimum absolute atomic E-state index is 0.399. The van der Waals surface area contributed by atoms with Crippen LogP contribution in [0.1, 0.15) is 38.3 Å². The van der Waals surface area contributed by atoms with Gasteiger partial charge in [0.1, 0.15) is 0 Å². The second kappa shape index (κ2) is 8.47. The molecular weight excluding hydrogens is 298 g/mol. The van der Waals surface area contributed by atoms with E-state index in [0.717, 1.165) is 29.3 Å². The topological polar surface area (TPSA) is 12.0 Å². The smallest absolute Gasteiger partial charge is 0.0545 e. The van der Waals surface area contributed by atoms with Crippen LogP contribution >= 0.6 is 23.4 Å². The maximum atomic E-state index is 6.29. The molecule has 0 aliphatic rings. The summed E-state index contributed by atoms with van der Waals surface area (Å²) in [4.78, 5) is 2.39. The summed E-state index contributed by atoms with van der Waals surface area (Å²) in [5, 5.41) is 4.44. The van der Waals surface area contributed by atoms with Gasteiger partial charge < -0.3 is 5.32 Å². The van der Waals surface area contributed by atoms with Crippen molar-refractivity contribution in [2.75, 3.05) is 6.54 Å². The van der Waals surface area contributed by atoms with Crippen LogP contribution in [-0.2, 0) is 0 Å². The maximum absolute atomic E-state index is 6.29. The summed E-state index contributed by atoms with van der Waals surface area (Å²) >= 11 is 8.03. The highest BCUT2D eigenvalue weighted by molar-refractivity contribution is 7.99. The molecule has 0 spiro atoms. The lowest BCUT2D eigenvalue weighted by Gasteiger charge is -2.20. The summed E-state index contributed by atoms with van der Waals surface area (Å²) in [5.74, 6) is 0. The predicted molar refractivity (Wildman–Crippen MR) is 93.3 cm³/mol. The molecule has 1 nitrogen and oxygen atoms in total. The molecular formula is C18H22ClNS. The van der Waals surface area contributed by atoms with Gasteiger partial charge in [-0.05, 0) is 43.1 Å². The van der Waals surface area contributed by atoms with Crippen molar-refractivity contribution in [1.82, 2.24) is 5.32 Å².